The molecule has 1 aromatic carbocycles. The normalized spacial score (nSPS) is 21.8. The molecule has 2 heterocycles. The standard InChI is InChI=1S/C25H38N2O5/c1-24(2,3)32-23(29)27-16-13-21(17-25(27,4)5)31-20-11-14-26(15-12-20)22(28)30-18-19-9-7-6-8-10-19/h6-10,20-21H,11-18H2,1-5H3/t21-/m0/s1. The van der Waals surface area contributed by atoms with Crippen LogP contribution in [0.4, 0.5) is 9.59 Å². The highest BCUT2D eigenvalue weighted by Crippen LogP contribution is 2.32. The number of hydrogen-bond acceptors (Lipinski definition) is 5. The zero-order chi connectivity index (χ0) is 23.4. The third-order valence-electron chi connectivity index (χ3n) is 6.04. The van der Waals surface area contributed by atoms with Gasteiger partial charge in [-0.05, 0) is 65.9 Å². The van der Waals surface area contributed by atoms with Crippen LogP contribution in [0.15, 0.2) is 30.3 Å². The first-order valence-electron chi connectivity index (χ1n) is 11.7. The van der Waals surface area contributed by atoms with Crippen molar-refractivity contribution in [3.05, 3.63) is 35.9 Å². The van der Waals surface area contributed by atoms with Gasteiger partial charge in [0.05, 0.1) is 12.2 Å². The summed E-state index contributed by atoms with van der Waals surface area (Å²) < 4.78 is 17.4. The molecule has 2 amide bonds. The molecule has 0 aromatic heterocycles. The monoisotopic (exact) mass is 446 g/mol. The molecule has 2 saturated heterocycles. The number of carbonyl (C=O) groups excluding carboxylic acids is 2. The van der Waals surface area contributed by atoms with Gasteiger partial charge in [-0.2, -0.15) is 0 Å². The number of ether oxygens (including phenoxy) is 3. The highest BCUT2D eigenvalue weighted by Gasteiger charge is 2.41. The molecule has 2 aliphatic rings. The van der Waals surface area contributed by atoms with Gasteiger partial charge in [-0.1, -0.05) is 30.3 Å². The Hall–Kier alpha value is -2.28. The Kier molecular flexibility index (Phi) is 7.70. The summed E-state index contributed by atoms with van der Waals surface area (Å²) in [6.07, 6.45) is 2.86. The van der Waals surface area contributed by atoms with Crippen molar-refractivity contribution in [3.8, 4) is 0 Å². The van der Waals surface area contributed by atoms with Crippen molar-refractivity contribution in [2.75, 3.05) is 19.6 Å². The van der Waals surface area contributed by atoms with Crippen molar-refractivity contribution < 1.29 is 23.8 Å². The summed E-state index contributed by atoms with van der Waals surface area (Å²) in [5, 5.41) is 0. The summed E-state index contributed by atoms with van der Waals surface area (Å²) in [6.45, 7) is 12.0. The van der Waals surface area contributed by atoms with Crippen LogP contribution in [0.2, 0.25) is 0 Å². The molecule has 1 atom stereocenters. The molecule has 2 fully saturated rings. The second-order valence-electron chi connectivity index (χ2n) is 10.4. The van der Waals surface area contributed by atoms with Crippen molar-refractivity contribution >= 4 is 12.2 Å². The fourth-order valence-electron chi connectivity index (χ4n) is 4.37. The van der Waals surface area contributed by atoms with Gasteiger partial charge in [0.1, 0.15) is 12.2 Å². The number of carbonyl (C=O) groups is 2. The first-order chi connectivity index (χ1) is 15.0. The van der Waals surface area contributed by atoms with Gasteiger partial charge in [0.25, 0.3) is 0 Å². The second kappa shape index (κ2) is 10.1. The van der Waals surface area contributed by atoms with E-state index in [1.54, 1.807) is 4.90 Å². The number of piperidine rings is 2. The lowest BCUT2D eigenvalue weighted by molar-refractivity contribution is -0.0912. The molecular formula is C25H38N2O5. The number of hydrogen-bond donors (Lipinski definition) is 0. The van der Waals surface area contributed by atoms with Crippen LogP contribution in [0.5, 0.6) is 0 Å². The number of amides is 2. The van der Waals surface area contributed by atoms with Gasteiger partial charge in [0.2, 0.25) is 0 Å². The molecule has 0 bridgehead atoms. The molecule has 0 aliphatic carbocycles. The van der Waals surface area contributed by atoms with Gasteiger partial charge in [-0.15, -0.1) is 0 Å². The van der Waals surface area contributed by atoms with Crippen molar-refractivity contribution in [2.45, 2.75) is 90.3 Å². The molecule has 7 heteroatoms. The largest absolute Gasteiger partial charge is 0.445 e. The number of benzene rings is 1. The summed E-state index contributed by atoms with van der Waals surface area (Å²) in [6, 6.07) is 9.71. The minimum Gasteiger partial charge on any atom is -0.445 e. The van der Waals surface area contributed by atoms with Crippen LogP contribution in [0.25, 0.3) is 0 Å². The van der Waals surface area contributed by atoms with Gasteiger partial charge < -0.3 is 24.0 Å². The van der Waals surface area contributed by atoms with Gasteiger partial charge in [0, 0.05) is 25.2 Å². The van der Waals surface area contributed by atoms with Crippen LogP contribution >= 0.6 is 0 Å². The van der Waals surface area contributed by atoms with Crippen LogP contribution in [0, 0.1) is 0 Å². The fourth-order valence-corrected chi connectivity index (χ4v) is 4.37. The van der Waals surface area contributed by atoms with E-state index in [0.29, 0.717) is 26.2 Å². The molecule has 1 aromatic rings. The van der Waals surface area contributed by atoms with Crippen LogP contribution in [0.3, 0.4) is 0 Å². The van der Waals surface area contributed by atoms with E-state index in [4.69, 9.17) is 14.2 Å². The first-order valence-corrected chi connectivity index (χ1v) is 11.7. The second-order valence-corrected chi connectivity index (χ2v) is 10.4. The summed E-state index contributed by atoms with van der Waals surface area (Å²) in [5.41, 5.74) is 0.156. The van der Waals surface area contributed by atoms with Gasteiger partial charge >= 0.3 is 12.2 Å². The highest BCUT2D eigenvalue weighted by atomic mass is 16.6. The Labute approximate surface area is 192 Å². The Morgan fingerprint density at radius 1 is 0.969 bits per heavy atom. The van der Waals surface area contributed by atoms with E-state index in [1.807, 2.05) is 56.0 Å². The Morgan fingerprint density at radius 2 is 1.59 bits per heavy atom. The van der Waals surface area contributed by atoms with Crippen molar-refractivity contribution in [2.24, 2.45) is 0 Å². The third kappa shape index (κ3) is 6.86. The molecule has 7 nitrogen and oxygen atoms in total. The molecular weight excluding hydrogens is 408 g/mol. The molecule has 3 rings (SSSR count). The Bertz CT molecular complexity index is 766. The molecule has 178 valence electrons. The highest BCUT2D eigenvalue weighted by molar-refractivity contribution is 5.69. The van der Waals surface area contributed by atoms with E-state index < -0.39 is 5.60 Å². The van der Waals surface area contributed by atoms with E-state index in [2.05, 4.69) is 13.8 Å². The zero-order valence-electron chi connectivity index (χ0n) is 20.1. The predicted molar refractivity (Wildman–Crippen MR) is 122 cm³/mol. The minimum absolute atomic E-state index is 0.102. The van der Waals surface area contributed by atoms with Crippen molar-refractivity contribution in [3.63, 3.8) is 0 Å². The quantitative estimate of drug-likeness (QED) is 0.652. The Balaban J connectivity index is 1.41. The summed E-state index contributed by atoms with van der Waals surface area (Å²) in [4.78, 5) is 28.5. The number of nitrogens with zero attached hydrogens (tertiary/aromatic N) is 2. The lowest BCUT2D eigenvalue weighted by atomic mass is 9.88. The van der Waals surface area contributed by atoms with Gasteiger partial charge in [-0.25, -0.2) is 9.59 Å². The van der Waals surface area contributed by atoms with Crippen LogP contribution < -0.4 is 0 Å². The lowest BCUT2D eigenvalue weighted by Gasteiger charge is -2.46. The maximum absolute atomic E-state index is 12.6. The first kappa shape index (κ1) is 24.4. The van der Waals surface area contributed by atoms with E-state index in [1.165, 1.54) is 0 Å². The summed E-state index contributed by atoms with van der Waals surface area (Å²) in [5.74, 6) is 0. The smallest absolute Gasteiger partial charge is 0.410 e. The average Bonchev–Trinajstić information content (AvgIpc) is 2.71. The van der Waals surface area contributed by atoms with E-state index in [9.17, 15) is 9.59 Å². The number of rotatable bonds is 4. The zero-order valence-corrected chi connectivity index (χ0v) is 20.1. The molecule has 32 heavy (non-hydrogen) atoms. The van der Waals surface area contributed by atoms with E-state index in [-0.39, 0.29) is 29.9 Å². The van der Waals surface area contributed by atoms with Crippen molar-refractivity contribution in [1.82, 2.24) is 9.80 Å². The Morgan fingerprint density at radius 3 is 2.19 bits per heavy atom. The molecule has 0 spiro atoms. The van der Waals surface area contributed by atoms with E-state index in [0.717, 1.165) is 31.2 Å². The lowest BCUT2D eigenvalue weighted by Crippen LogP contribution is -2.56. The average molecular weight is 447 g/mol. The van der Waals surface area contributed by atoms with Crippen LogP contribution in [-0.2, 0) is 20.8 Å². The molecule has 0 unspecified atom stereocenters. The topological polar surface area (TPSA) is 68.3 Å². The maximum atomic E-state index is 12.6. The van der Waals surface area contributed by atoms with Crippen molar-refractivity contribution in [1.29, 1.82) is 0 Å². The minimum atomic E-state index is -0.503. The van der Waals surface area contributed by atoms with Crippen LogP contribution in [0.1, 0.15) is 65.9 Å². The van der Waals surface area contributed by atoms with Gasteiger partial charge in [-0.3, -0.25) is 0 Å². The van der Waals surface area contributed by atoms with Gasteiger partial charge in [0.15, 0.2) is 0 Å². The predicted octanol–water partition coefficient (Wildman–Crippen LogP) is 4.98. The maximum Gasteiger partial charge on any atom is 0.410 e. The summed E-state index contributed by atoms with van der Waals surface area (Å²) in [7, 11) is 0. The van der Waals surface area contributed by atoms with Crippen LogP contribution in [-0.4, -0.2) is 65.0 Å². The molecule has 0 saturated carbocycles. The molecule has 0 radical (unpaired) electrons. The fraction of sp³-hybridized carbons (Fsp3) is 0.680. The molecule has 0 N–H and O–H groups in total. The number of likely N-dealkylation sites (tertiary alicyclic amines) is 2. The third-order valence-corrected chi connectivity index (χ3v) is 6.04. The van der Waals surface area contributed by atoms with E-state index >= 15 is 0 Å². The molecule has 2 aliphatic heterocycles. The SMILES string of the molecule is CC(C)(C)OC(=O)N1CC[C@H](OC2CCN(C(=O)OCc3ccccc3)CC2)CC1(C)C. The summed E-state index contributed by atoms with van der Waals surface area (Å²) >= 11 is 0.